The molecule has 1 saturated heterocycles. The van der Waals surface area contributed by atoms with E-state index in [4.69, 9.17) is 11.6 Å². The van der Waals surface area contributed by atoms with Gasteiger partial charge in [-0.1, -0.05) is 11.6 Å². The second-order valence-corrected chi connectivity index (χ2v) is 8.59. The molecule has 0 radical (unpaired) electrons. The van der Waals surface area contributed by atoms with Crippen molar-refractivity contribution in [2.24, 2.45) is 0 Å². The predicted molar refractivity (Wildman–Crippen MR) is 75.6 cm³/mol. The molecule has 1 N–H and O–H groups in total. The lowest BCUT2D eigenvalue weighted by Crippen LogP contribution is -2.44. The summed E-state index contributed by atoms with van der Waals surface area (Å²) in [4.78, 5) is 0.967. The van der Waals surface area contributed by atoms with Crippen LogP contribution in [0.2, 0.25) is 4.34 Å². The molecular weight excluding hydrogens is 292 g/mol. The van der Waals surface area contributed by atoms with Gasteiger partial charge in [0.05, 0.1) is 9.59 Å². The van der Waals surface area contributed by atoms with E-state index in [0.717, 1.165) is 24.3 Å². The second kappa shape index (κ2) is 5.88. The van der Waals surface area contributed by atoms with Gasteiger partial charge in [0.2, 0.25) is 10.0 Å². The Morgan fingerprint density at radius 2 is 2.33 bits per heavy atom. The lowest BCUT2D eigenvalue weighted by atomic mass is 10.2. The molecule has 18 heavy (non-hydrogen) atoms. The summed E-state index contributed by atoms with van der Waals surface area (Å²) in [6.45, 7) is 1.87. The number of piperidine rings is 1. The first-order valence-corrected chi connectivity index (χ1v) is 8.60. The van der Waals surface area contributed by atoms with Crippen LogP contribution in [0, 0.1) is 0 Å². The Balaban J connectivity index is 2.04. The van der Waals surface area contributed by atoms with Crippen LogP contribution in [0.1, 0.15) is 17.7 Å². The summed E-state index contributed by atoms with van der Waals surface area (Å²) in [6.07, 6.45) is 1.66. The van der Waals surface area contributed by atoms with E-state index in [1.807, 2.05) is 6.07 Å². The Morgan fingerprint density at radius 3 is 2.89 bits per heavy atom. The quantitative estimate of drug-likeness (QED) is 0.924. The standard InChI is InChI=1S/C11H17ClN2O2S2/c1-14(8-9-4-5-11(12)17-9)18(15,16)10-3-2-6-13-7-10/h4-5,10,13H,2-3,6-8H2,1H3. The summed E-state index contributed by atoms with van der Waals surface area (Å²) in [5, 5.41) is 2.84. The second-order valence-electron chi connectivity index (χ2n) is 4.48. The molecule has 1 aromatic heterocycles. The molecule has 7 heteroatoms. The van der Waals surface area contributed by atoms with Gasteiger partial charge in [-0.05, 0) is 31.5 Å². The van der Waals surface area contributed by atoms with Crippen LogP contribution in [0.3, 0.4) is 0 Å². The fourth-order valence-corrected chi connectivity index (χ4v) is 4.92. The van der Waals surface area contributed by atoms with E-state index in [-0.39, 0.29) is 5.25 Å². The molecule has 1 fully saturated rings. The molecule has 102 valence electrons. The van der Waals surface area contributed by atoms with E-state index in [1.165, 1.54) is 15.6 Å². The fourth-order valence-electron chi connectivity index (χ4n) is 2.07. The third-order valence-electron chi connectivity index (χ3n) is 3.11. The van der Waals surface area contributed by atoms with Crippen molar-refractivity contribution in [3.05, 3.63) is 21.3 Å². The normalized spacial score (nSPS) is 21.4. The van der Waals surface area contributed by atoms with E-state index < -0.39 is 10.0 Å². The average Bonchev–Trinajstić information content (AvgIpc) is 2.76. The Labute approximate surface area is 117 Å². The van der Waals surface area contributed by atoms with Crippen molar-refractivity contribution in [3.8, 4) is 0 Å². The molecule has 4 nitrogen and oxygen atoms in total. The third-order valence-corrected chi connectivity index (χ3v) is 6.57. The lowest BCUT2D eigenvalue weighted by Gasteiger charge is -2.27. The molecule has 1 aromatic rings. The van der Waals surface area contributed by atoms with Crippen molar-refractivity contribution in [1.29, 1.82) is 0 Å². The monoisotopic (exact) mass is 308 g/mol. The molecule has 0 aliphatic carbocycles. The minimum atomic E-state index is -3.22. The zero-order valence-corrected chi connectivity index (χ0v) is 12.6. The maximum absolute atomic E-state index is 12.4. The molecular formula is C11H17ClN2O2S2. The van der Waals surface area contributed by atoms with Crippen molar-refractivity contribution in [3.63, 3.8) is 0 Å². The molecule has 0 saturated carbocycles. The summed E-state index contributed by atoms with van der Waals surface area (Å²) in [7, 11) is -1.58. The molecule has 0 aromatic carbocycles. The molecule has 2 rings (SSSR count). The van der Waals surface area contributed by atoms with Gasteiger partial charge >= 0.3 is 0 Å². The zero-order valence-electron chi connectivity index (χ0n) is 10.2. The van der Waals surface area contributed by atoms with Crippen molar-refractivity contribution >= 4 is 33.0 Å². The van der Waals surface area contributed by atoms with Crippen molar-refractivity contribution < 1.29 is 8.42 Å². The molecule has 0 amide bonds. The van der Waals surface area contributed by atoms with Crippen LogP contribution >= 0.6 is 22.9 Å². The van der Waals surface area contributed by atoms with E-state index in [2.05, 4.69) is 5.32 Å². The van der Waals surface area contributed by atoms with Crippen LogP contribution in [0.25, 0.3) is 0 Å². The predicted octanol–water partition coefficient (Wildman–Crippen LogP) is 1.92. The molecule has 1 unspecified atom stereocenters. The molecule has 2 heterocycles. The van der Waals surface area contributed by atoms with Crippen LogP contribution in [0.5, 0.6) is 0 Å². The number of sulfonamides is 1. The van der Waals surface area contributed by atoms with Gasteiger partial charge in [-0.15, -0.1) is 11.3 Å². The average molecular weight is 309 g/mol. The minimum absolute atomic E-state index is 0.299. The number of halogens is 1. The molecule has 0 spiro atoms. The number of nitrogens with zero attached hydrogens (tertiary/aromatic N) is 1. The SMILES string of the molecule is CN(Cc1ccc(Cl)s1)S(=O)(=O)C1CCCNC1. The van der Waals surface area contributed by atoms with Gasteiger partial charge in [-0.2, -0.15) is 4.31 Å². The van der Waals surface area contributed by atoms with Crippen molar-refractivity contribution in [2.75, 3.05) is 20.1 Å². The number of hydrogen-bond donors (Lipinski definition) is 1. The maximum atomic E-state index is 12.4. The van der Waals surface area contributed by atoms with E-state index >= 15 is 0 Å². The van der Waals surface area contributed by atoms with Gasteiger partial charge in [-0.25, -0.2) is 8.42 Å². The maximum Gasteiger partial charge on any atom is 0.218 e. The number of hydrogen-bond acceptors (Lipinski definition) is 4. The van der Waals surface area contributed by atoms with Gasteiger partial charge in [0.25, 0.3) is 0 Å². The first-order valence-electron chi connectivity index (χ1n) is 5.90. The van der Waals surface area contributed by atoms with Gasteiger partial charge in [0.1, 0.15) is 0 Å². The number of nitrogens with one attached hydrogen (secondary N) is 1. The Morgan fingerprint density at radius 1 is 1.56 bits per heavy atom. The van der Waals surface area contributed by atoms with E-state index in [1.54, 1.807) is 13.1 Å². The Bertz CT molecular complexity index is 495. The van der Waals surface area contributed by atoms with Gasteiger partial charge in [0.15, 0.2) is 0 Å². The molecule has 0 bridgehead atoms. The van der Waals surface area contributed by atoms with Crippen LogP contribution in [0.15, 0.2) is 12.1 Å². The van der Waals surface area contributed by atoms with Gasteiger partial charge < -0.3 is 5.32 Å². The summed E-state index contributed by atoms with van der Waals surface area (Å²) >= 11 is 7.27. The van der Waals surface area contributed by atoms with Crippen molar-refractivity contribution in [2.45, 2.75) is 24.6 Å². The summed E-state index contributed by atoms with van der Waals surface area (Å²) in [5.74, 6) is 0. The minimum Gasteiger partial charge on any atom is -0.315 e. The molecule has 1 atom stereocenters. The van der Waals surface area contributed by atoms with Gasteiger partial charge in [0, 0.05) is 25.0 Å². The molecule has 1 aliphatic heterocycles. The summed E-state index contributed by atoms with van der Waals surface area (Å²) in [5.41, 5.74) is 0. The topological polar surface area (TPSA) is 49.4 Å². The highest BCUT2D eigenvalue weighted by Crippen LogP contribution is 2.24. The van der Waals surface area contributed by atoms with Crippen LogP contribution in [-0.4, -0.2) is 38.1 Å². The Kier molecular flexibility index (Phi) is 4.66. The largest absolute Gasteiger partial charge is 0.315 e. The Hall–Kier alpha value is -0.140. The fraction of sp³-hybridized carbons (Fsp3) is 0.636. The van der Waals surface area contributed by atoms with Crippen molar-refractivity contribution in [1.82, 2.24) is 9.62 Å². The number of rotatable bonds is 4. The van der Waals surface area contributed by atoms with Crippen LogP contribution in [-0.2, 0) is 16.6 Å². The third kappa shape index (κ3) is 3.24. The summed E-state index contributed by atoms with van der Waals surface area (Å²) < 4.78 is 26.8. The van der Waals surface area contributed by atoms with Crippen LogP contribution in [0.4, 0.5) is 0 Å². The molecule has 1 aliphatic rings. The first kappa shape index (κ1) is 14.3. The highest BCUT2D eigenvalue weighted by Gasteiger charge is 2.30. The summed E-state index contributed by atoms with van der Waals surface area (Å²) in [6, 6.07) is 3.67. The number of thiophene rings is 1. The highest BCUT2D eigenvalue weighted by atomic mass is 35.5. The highest BCUT2D eigenvalue weighted by molar-refractivity contribution is 7.89. The van der Waals surface area contributed by atoms with E-state index in [9.17, 15) is 8.42 Å². The zero-order chi connectivity index (χ0) is 13.2. The first-order chi connectivity index (χ1) is 8.50. The van der Waals surface area contributed by atoms with Gasteiger partial charge in [-0.3, -0.25) is 0 Å². The van der Waals surface area contributed by atoms with Crippen LogP contribution < -0.4 is 5.32 Å². The smallest absolute Gasteiger partial charge is 0.218 e. The van der Waals surface area contributed by atoms with E-state index in [0.29, 0.717) is 17.4 Å². The lowest BCUT2D eigenvalue weighted by molar-refractivity contribution is 0.431.